The molecule has 0 bridgehead atoms. The van der Waals surface area contributed by atoms with Gasteiger partial charge in [0.05, 0.1) is 18.7 Å². The van der Waals surface area contributed by atoms with Crippen LogP contribution in [0.25, 0.3) is 0 Å². The highest BCUT2D eigenvalue weighted by Gasteiger charge is 2.34. The van der Waals surface area contributed by atoms with Crippen molar-refractivity contribution in [3.05, 3.63) is 22.2 Å². The van der Waals surface area contributed by atoms with Gasteiger partial charge in [-0.2, -0.15) is 0 Å². The van der Waals surface area contributed by atoms with Gasteiger partial charge in [0.15, 0.2) is 11.5 Å². The standard InChI is InChI=1S/C15H21ClN2O2/c1-18-8-9(7-17)5-12(18)11-6-13(19-2)15-10(14(11)16)3-4-20-15/h6,9,12H,3-5,7-8,17H2,1-2H3. The predicted octanol–water partition coefficient (Wildman–Crippen LogP) is 2.24. The van der Waals surface area contributed by atoms with Crippen molar-refractivity contribution in [3.8, 4) is 11.5 Å². The maximum atomic E-state index is 6.63. The van der Waals surface area contributed by atoms with Gasteiger partial charge >= 0.3 is 0 Å². The molecular formula is C15H21ClN2O2. The molecule has 2 aliphatic heterocycles. The third kappa shape index (κ3) is 2.16. The Morgan fingerprint density at radius 2 is 2.35 bits per heavy atom. The minimum Gasteiger partial charge on any atom is -0.493 e. The Balaban J connectivity index is 2.02. The molecule has 2 aliphatic rings. The van der Waals surface area contributed by atoms with Gasteiger partial charge in [-0.05, 0) is 37.6 Å². The number of nitrogens with two attached hydrogens (primary N) is 1. The van der Waals surface area contributed by atoms with E-state index in [1.54, 1.807) is 7.11 Å². The molecule has 0 spiro atoms. The van der Waals surface area contributed by atoms with Crippen molar-refractivity contribution >= 4 is 11.6 Å². The van der Waals surface area contributed by atoms with Crippen LogP contribution in [0.3, 0.4) is 0 Å². The summed E-state index contributed by atoms with van der Waals surface area (Å²) >= 11 is 6.63. The van der Waals surface area contributed by atoms with Crippen molar-refractivity contribution in [2.75, 3.05) is 33.9 Å². The highest BCUT2D eigenvalue weighted by molar-refractivity contribution is 6.32. The monoisotopic (exact) mass is 296 g/mol. The van der Waals surface area contributed by atoms with Gasteiger partial charge in [0, 0.05) is 24.6 Å². The average molecular weight is 297 g/mol. The van der Waals surface area contributed by atoms with E-state index in [0.29, 0.717) is 18.6 Å². The van der Waals surface area contributed by atoms with Crippen molar-refractivity contribution in [1.29, 1.82) is 0 Å². The van der Waals surface area contributed by atoms with Gasteiger partial charge < -0.3 is 15.2 Å². The third-order valence-corrected chi connectivity index (χ3v) is 4.89. The lowest BCUT2D eigenvalue weighted by Gasteiger charge is -2.23. The Labute approximate surface area is 124 Å². The van der Waals surface area contributed by atoms with Crippen LogP contribution in [0.5, 0.6) is 11.5 Å². The summed E-state index contributed by atoms with van der Waals surface area (Å²) in [5, 5.41) is 0.841. The van der Waals surface area contributed by atoms with Crippen molar-refractivity contribution in [3.63, 3.8) is 0 Å². The number of benzene rings is 1. The fourth-order valence-corrected chi connectivity index (χ4v) is 3.72. The van der Waals surface area contributed by atoms with Gasteiger partial charge in [0.1, 0.15) is 0 Å². The highest BCUT2D eigenvalue weighted by Crippen LogP contribution is 2.47. The predicted molar refractivity (Wildman–Crippen MR) is 79.7 cm³/mol. The Morgan fingerprint density at radius 1 is 1.55 bits per heavy atom. The van der Waals surface area contributed by atoms with Crippen molar-refractivity contribution in [2.24, 2.45) is 11.7 Å². The number of methoxy groups -OCH3 is 1. The van der Waals surface area contributed by atoms with E-state index < -0.39 is 0 Å². The molecule has 2 heterocycles. The fraction of sp³-hybridized carbons (Fsp3) is 0.600. The maximum absolute atomic E-state index is 6.63. The van der Waals surface area contributed by atoms with Crippen molar-refractivity contribution in [2.45, 2.75) is 18.9 Å². The summed E-state index contributed by atoms with van der Waals surface area (Å²) in [6.07, 6.45) is 1.91. The lowest BCUT2D eigenvalue weighted by molar-refractivity contribution is 0.309. The summed E-state index contributed by atoms with van der Waals surface area (Å²) in [7, 11) is 3.81. The number of rotatable bonds is 3. The molecule has 0 aliphatic carbocycles. The van der Waals surface area contributed by atoms with Crippen LogP contribution in [-0.2, 0) is 6.42 Å². The zero-order valence-electron chi connectivity index (χ0n) is 12.0. The molecule has 2 unspecified atom stereocenters. The molecule has 0 saturated carbocycles. The largest absolute Gasteiger partial charge is 0.493 e. The van der Waals surface area contributed by atoms with E-state index >= 15 is 0 Å². The number of halogens is 1. The number of nitrogens with zero attached hydrogens (tertiary/aromatic N) is 1. The SMILES string of the molecule is COc1cc(C2CC(CN)CN2C)c(Cl)c2c1OCC2. The third-order valence-electron chi connectivity index (χ3n) is 4.45. The van der Waals surface area contributed by atoms with Crippen LogP contribution in [0.15, 0.2) is 6.07 Å². The highest BCUT2D eigenvalue weighted by atomic mass is 35.5. The van der Waals surface area contributed by atoms with E-state index in [1.165, 1.54) is 0 Å². The molecule has 1 aromatic rings. The molecule has 20 heavy (non-hydrogen) atoms. The molecule has 3 rings (SSSR count). The van der Waals surface area contributed by atoms with Crippen LogP contribution in [0.1, 0.15) is 23.6 Å². The number of hydrogen-bond acceptors (Lipinski definition) is 4. The zero-order chi connectivity index (χ0) is 14.3. The van der Waals surface area contributed by atoms with Gasteiger partial charge in [0.25, 0.3) is 0 Å². The lowest BCUT2D eigenvalue weighted by atomic mass is 9.97. The summed E-state index contributed by atoms with van der Waals surface area (Å²) in [6, 6.07) is 2.35. The maximum Gasteiger partial charge on any atom is 0.165 e. The van der Waals surface area contributed by atoms with Crippen molar-refractivity contribution in [1.82, 2.24) is 4.90 Å². The quantitative estimate of drug-likeness (QED) is 0.929. The van der Waals surface area contributed by atoms with Crippen LogP contribution in [0, 0.1) is 5.92 Å². The lowest BCUT2D eigenvalue weighted by Crippen LogP contribution is -2.20. The Bertz CT molecular complexity index is 521. The molecule has 0 radical (unpaired) electrons. The summed E-state index contributed by atoms with van der Waals surface area (Å²) in [5.41, 5.74) is 8.05. The first-order valence-corrected chi connectivity index (χ1v) is 7.45. The molecule has 1 saturated heterocycles. The molecule has 1 fully saturated rings. The van der Waals surface area contributed by atoms with Gasteiger partial charge in [-0.1, -0.05) is 11.6 Å². The molecule has 0 aromatic heterocycles. The summed E-state index contributed by atoms with van der Waals surface area (Å²) in [5.74, 6) is 2.15. The van der Waals surface area contributed by atoms with E-state index in [-0.39, 0.29) is 0 Å². The number of ether oxygens (including phenoxy) is 2. The topological polar surface area (TPSA) is 47.7 Å². The van der Waals surface area contributed by atoms with E-state index in [4.69, 9.17) is 26.8 Å². The number of likely N-dealkylation sites (tertiary alicyclic amines) is 1. The molecular weight excluding hydrogens is 276 g/mol. The van der Waals surface area contributed by atoms with Crippen LogP contribution in [0.2, 0.25) is 5.02 Å². The van der Waals surface area contributed by atoms with E-state index in [2.05, 4.69) is 11.9 Å². The average Bonchev–Trinajstić information content (AvgIpc) is 3.06. The van der Waals surface area contributed by atoms with E-state index in [0.717, 1.165) is 53.6 Å². The van der Waals surface area contributed by atoms with E-state index in [1.807, 2.05) is 6.07 Å². The minimum atomic E-state index is 0.316. The van der Waals surface area contributed by atoms with Gasteiger partial charge in [-0.15, -0.1) is 0 Å². The van der Waals surface area contributed by atoms with E-state index in [9.17, 15) is 0 Å². The minimum absolute atomic E-state index is 0.316. The molecule has 110 valence electrons. The second-order valence-corrected chi connectivity index (χ2v) is 6.06. The van der Waals surface area contributed by atoms with Crippen LogP contribution in [0.4, 0.5) is 0 Å². The Kier molecular flexibility index (Phi) is 3.80. The molecule has 1 aromatic carbocycles. The van der Waals surface area contributed by atoms with Gasteiger partial charge in [0.2, 0.25) is 0 Å². The van der Waals surface area contributed by atoms with Crippen molar-refractivity contribution < 1.29 is 9.47 Å². The Morgan fingerprint density at radius 3 is 3.00 bits per heavy atom. The number of hydrogen-bond donors (Lipinski definition) is 1. The van der Waals surface area contributed by atoms with Crippen LogP contribution in [-0.4, -0.2) is 38.8 Å². The fourth-order valence-electron chi connectivity index (χ4n) is 3.36. The molecule has 5 heteroatoms. The molecule has 4 nitrogen and oxygen atoms in total. The number of fused-ring (bicyclic) bond motifs is 1. The zero-order valence-corrected chi connectivity index (χ0v) is 12.7. The second-order valence-electron chi connectivity index (χ2n) is 5.68. The summed E-state index contributed by atoms with van der Waals surface area (Å²) in [4.78, 5) is 2.33. The van der Waals surface area contributed by atoms with Crippen LogP contribution >= 0.6 is 11.6 Å². The second kappa shape index (κ2) is 5.43. The van der Waals surface area contributed by atoms with Crippen LogP contribution < -0.4 is 15.2 Å². The van der Waals surface area contributed by atoms with Gasteiger partial charge in [-0.25, -0.2) is 0 Å². The van der Waals surface area contributed by atoms with Gasteiger partial charge in [-0.3, -0.25) is 4.90 Å². The molecule has 2 N–H and O–H groups in total. The first kappa shape index (κ1) is 14.0. The molecule has 2 atom stereocenters. The summed E-state index contributed by atoms with van der Waals surface area (Å²) in [6.45, 7) is 2.43. The molecule has 0 amide bonds. The normalized spacial score (nSPS) is 25.6. The summed E-state index contributed by atoms with van der Waals surface area (Å²) < 4.78 is 11.1. The smallest absolute Gasteiger partial charge is 0.165 e. The first-order valence-electron chi connectivity index (χ1n) is 7.08. The first-order chi connectivity index (χ1) is 9.65. The Hall–Kier alpha value is -0.970.